The van der Waals surface area contributed by atoms with Gasteiger partial charge < -0.3 is 15.4 Å². The Morgan fingerprint density at radius 1 is 1.31 bits per heavy atom. The van der Waals surface area contributed by atoms with Crippen LogP contribution in [0.1, 0.15) is 32.6 Å². The average Bonchev–Trinajstić information content (AvgIpc) is 2.25. The Balaban J connectivity index is 2.03. The zero-order valence-corrected chi connectivity index (χ0v) is 9.75. The molecule has 0 aromatic heterocycles. The van der Waals surface area contributed by atoms with E-state index in [4.69, 9.17) is 4.74 Å². The van der Waals surface area contributed by atoms with E-state index in [0.717, 1.165) is 26.1 Å². The van der Waals surface area contributed by atoms with Gasteiger partial charge in [-0.1, -0.05) is 0 Å². The zero-order valence-electron chi connectivity index (χ0n) is 9.75. The van der Waals surface area contributed by atoms with Crippen molar-refractivity contribution in [3.63, 3.8) is 0 Å². The molecule has 1 aliphatic heterocycles. The number of amides is 2. The van der Waals surface area contributed by atoms with E-state index in [-0.39, 0.29) is 17.9 Å². The third kappa shape index (κ3) is 5.70. The lowest BCUT2D eigenvalue weighted by Crippen LogP contribution is -2.39. The molecule has 0 spiro atoms. The summed E-state index contributed by atoms with van der Waals surface area (Å²) in [7, 11) is 0. The maximum absolute atomic E-state index is 11.5. The monoisotopic (exact) mass is 228 g/mol. The largest absolute Gasteiger partial charge is 0.381 e. The molecule has 1 rings (SSSR count). The molecule has 0 unspecified atom stereocenters. The molecule has 1 saturated heterocycles. The number of hydrogen-bond acceptors (Lipinski definition) is 3. The van der Waals surface area contributed by atoms with Gasteiger partial charge in [-0.05, 0) is 19.3 Å². The molecule has 1 heterocycles. The van der Waals surface area contributed by atoms with Crippen molar-refractivity contribution in [3.8, 4) is 0 Å². The Kier molecular flexibility index (Phi) is 5.85. The van der Waals surface area contributed by atoms with E-state index in [1.54, 1.807) is 0 Å². The highest BCUT2D eigenvalue weighted by molar-refractivity contribution is 5.76. The van der Waals surface area contributed by atoms with E-state index in [0.29, 0.717) is 19.4 Å². The minimum Gasteiger partial charge on any atom is -0.381 e. The standard InChI is InChI=1S/C11H20N2O3/c1-9(14)12-6-2-3-11(15)13-10-4-7-16-8-5-10/h10H,2-8H2,1H3,(H,12,14)(H,13,15). The highest BCUT2D eigenvalue weighted by Gasteiger charge is 2.15. The predicted molar refractivity (Wildman–Crippen MR) is 59.9 cm³/mol. The lowest BCUT2D eigenvalue weighted by atomic mass is 10.1. The van der Waals surface area contributed by atoms with E-state index < -0.39 is 0 Å². The fourth-order valence-electron chi connectivity index (χ4n) is 1.66. The predicted octanol–water partition coefficient (Wildman–Crippen LogP) is 0.198. The Morgan fingerprint density at radius 3 is 2.62 bits per heavy atom. The van der Waals surface area contributed by atoms with E-state index in [1.807, 2.05) is 0 Å². The maximum Gasteiger partial charge on any atom is 0.220 e. The topological polar surface area (TPSA) is 67.4 Å². The summed E-state index contributed by atoms with van der Waals surface area (Å²) in [6, 6.07) is 0.266. The van der Waals surface area contributed by atoms with Gasteiger partial charge in [0, 0.05) is 39.1 Å². The van der Waals surface area contributed by atoms with Crippen LogP contribution in [0.5, 0.6) is 0 Å². The van der Waals surface area contributed by atoms with Crippen LogP contribution in [0.2, 0.25) is 0 Å². The molecule has 0 bridgehead atoms. The molecule has 16 heavy (non-hydrogen) atoms. The smallest absolute Gasteiger partial charge is 0.220 e. The second-order valence-corrected chi connectivity index (χ2v) is 4.04. The molecule has 1 fully saturated rings. The summed E-state index contributed by atoms with van der Waals surface area (Å²) >= 11 is 0. The molecule has 0 aromatic rings. The van der Waals surface area contributed by atoms with Crippen LogP contribution in [0.25, 0.3) is 0 Å². The first kappa shape index (κ1) is 13.0. The van der Waals surface area contributed by atoms with Crippen molar-refractivity contribution in [2.45, 2.75) is 38.6 Å². The lowest BCUT2D eigenvalue weighted by molar-refractivity contribution is -0.123. The fraction of sp³-hybridized carbons (Fsp3) is 0.818. The molecule has 0 saturated carbocycles. The van der Waals surface area contributed by atoms with Gasteiger partial charge in [-0.25, -0.2) is 0 Å². The molecule has 2 amide bonds. The Morgan fingerprint density at radius 2 is 2.00 bits per heavy atom. The first-order valence-corrected chi connectivity index (χ1v) is 5.80. The van der Waals surface area contributed by atoms with Crippen molar-refractivity contribution in [3.05, 3.63) is 0 Å². The molecule has 5 heteroatoms. The Labute approximate surface area is 95.9 Å². The van der Waals surface area contributed by atoms with E-state index >= 15 is 0 Å². The molecule has 2 N–H and O–H groups in total. The summed E-state index contributed by atoms with van der Waals surface area (Å²) in [4.78, 5) is 22.1. The first-order valence-electron chi connectivity index (χ1n) is 5.80. The summed E-state index contributed by atoms with van der Waals surface area (Å²) in [5.74, 6) is 0.0158. The fourth-order valence-corrected chi connectivity index (χ4v) is 1.66. The zero-order chi connectivity index (χ0) is 11.8. The molecule has 0 atom stereocenters. The first-order chi connectivity index (χ1) is 7.68. The van der Waals surface area contributed by atoms with Gasteiger partial charge in [-0.3, -0.25) is 9.59 Å². The van der Waals surface area contributed by atoms with Crippen LogP contribution < -0.4 is 10.6 Å². The normalized spacial score (nSPS) is 16.8. The van der Waals surface area contributed by atoms with Crippen molar-refractivity contribution >= 4 is 11.8 Å². The van der Waals surface area contributed by atoms with Crippen molar-refractivity contribution in [1.29, 1.82) is 0 Å². The summed E-state index contributed by atoms with van der Waals surface area (Å²) in [6.45, 7) is 3.51. The van der Waals surface area contributed by atoms with Crippen molar-refractivity contribution in [1.82, 2.24) is 10.6 Å². The van der Waals surface area contributed by atoms with E-state index in [2.05, 4.69) is 10.6 Å². The Hall–Kier alpha value is -1.10. The number of ether oxygens (including phenoxy) is 1. The van der Waals surface area contributed by atoms with E-state index in [9.17, 15) is 9.59 Å². The van der Waals surface area contributed by atoms with Gasteiger partial charge in [0.05, 0.1) is 0 Å². The van der Waals surface area contributed by atoms with Gasteiger partial charge in [-0.2, -0.15) is 0 Å². The molecule has 1 aliphatic rings. The van der Waals surface area contributed by atoms with Gasteiger partial charge in [0.2, 0.25) is 11.8 Å². The lowest BCUT2D eigenvalue weighted by Gasteiger charge is -2.23. The van der Waals surface area contributed by atoms with Crippen molar-refractivity contribution in [2.75, 3.05) is 19.8 Å². The molecule has 92 valence electrons. The molecule has 0 radical (unpaired) electrons. The SMILES string of the molecule is CC(=O)NCCCC(=O)NC1CCOCC1. The number of hydrogen-bond donors (Lipinski definition) is 2. The number of rotatable bonds is 5. The van der Waals surface area contributed by atoms with Crippen LogP contribution in [0, 0.1) is 0 Å². The van der Waals surface area contributed by atoms with Crippen LogP contribution in [0.15, 0.2) is 0 Å². The van der Waals surface area contributed by atoms with Gasteiger partial charge >= 0.3 is 0 Å². The van der Waals surface area contributed by atoms with Crippen LogP contribution in [-0.2, 0) is 14.3 Å². The summed E-state index contributed by atoms with van der Waals surface area (Å²) in [5.41, 5.74) is 0. The van der Waals surface area contributed by atoms with Crippen molar-refractivity contribution < 1.29 is 14.3 Å². The third-order valence-electron chi connectivity index (χ3n) is 2.54. The van der Waals surface area contributed by atoms with Crippen LogP contribution >= 0.6 is 0 Å². The molecular formula is C11H20N2O3. The molecule has 5 nitrogen and oxygen atoms in total. The second kappa shape index (κ2) is 7.22. The minimum absolute atomic E-state index is 0.0511. The quantitative estimate of drug-likeness (QED) is 0.660. The Bertz CT molecular complexity index is 237. The molecule has 0 aliphatic carbocycles. The molecular weight excluding hydrogens is 208 g/mol. The maximum atomic E-state index is 11.5. The highest BCUT2D eigenvalue weighted by Crippen LogP contribution is 2.06. The average molecular weight is 228 g/mol. The van der Waals surface area contributed by atoms with Gasteiger partial charge in [0.25, 0.3) is 0 Å². The number of nitrogens with one attached hydrogen (secondary N) is 2. The minimum atomic E-state index is -0.0511. The second-order valence-electron chi connectivity index (χ2n) is 4.04. The van der Waals surface area contributed by atoms with Crippen LogP contribution in [0.4, 0.5) is 0 Å². The van der Waals surface area contributed by atoms with Gasteiger partial charge in [-0.15, -0.1) is 0 Å². The van der Waals surface area contributed by atoms with Crippen molar-refractivity contribution in [2.24, 2.45) is 0 Å². The van der Waals surface area contributed by atoms with E-state index in [1.165, 1.54) is 6.92 Å². The van der Waals surface area contributed by atoms with Gasteiger partial charge in [0.1, 0.15) is 0 Å². The summed E-state index contributed by atoms with van der Waals surface area (Å²) in [5, 5.41) is 5.64. The van der Waals surface area contributed by atoms with Crippen LogP contribution in [0.3, 0.4) is 0 Å². The summed E-state index contributed by atoms with van der Waals surface area (Å²) in [6.07, 6.45) is 2.96. The number of carbonyl (C=O) groups excluding carboxylic acids is 2. The highest BCUT2D eigenvalue weighted by atomic mass is 16.5. The van der Waals surface area contributed by atoms with Gasteiger partial charge in [0.15, 0.2) is 0 Å². The number of carbonyl (C=O) groups is 2. The van der Waals surface area contributed by atoms with Crippen LogP contribution in [-0.4, -0.2) is 37.6 Å². The summed E-state index contributed by atoms with van der Waals surface area (Å²) < 4.78 is 5.21. The molecule has 0 aromatic carbocycles. The third-order valence-corrected chi connectivity index (χ3v) is 2.54.